The molecule has 4 aromatic rings. The molecule has 41 heavy (non-hydrogen) atoms. The number of nitrogens with two attached hydrogens (primary N) is 1. The van der Waals surface area contributed by atoms with Gasteiger partial charge in [0.15, 0.2) is 0 Å². The van der Waals surface area contributed by atoms with Crippen molar-refractivity contribution in [1.82, 2.24) is 25.3 Å². The molecule has 3 aromatic carbocycles. The first-order valence-electron chi connectivity index (χ1n) is 13.5. The highest BCUT2D eigenvalue weighted by molar-refractivity contribution is 6.30. The summed E-state index contributed by atoms with van der Waals surface area (Å²) in [7, 11) is 1.98. The molecule has 3 amide bonds. The summed E-state index contributed by atoms with van der Waals surface area (Å²) in [4.78, 5) is 30.2. The summed E-state index contributed by atoms with van der Waals surface area (Å²) in [6, 6.07) is 20.0. The number of hydrogen-bond donors (Lipinski definition) is 5. The van der Waals surface area contributed by atoms with Crippen LogP contribution in [-0.2, 0) is 19.9 Å². The van der Waals surface area contributed by atoms with Crippen LogP contribution in [0.3, 0.4) is 0 Å². The Morgan fingerprint density at radius 2 is 1.76 bits per heavy atom. The van der Waals surface area contributed by atoms with E-state index in [1.807, 2.05) is 54.5 Å². The highest BCUT2D eigenvalue weighted by atomic mass is 35.5. The van der Waals surface area contributed by atoms with Crippen molar-refractivity contribution in [3.8, 4) is 0 Å². The number of hydrogen-bond acceptors (Lipinski definition) is 5. The van der Waals surface area contributed by atoms with Crippen molar-refractivity contribution in [3.63, 3.8) is 0 Å². The molecular formula is C30H33ClN8O2. The minimum atomic E-state index is -0.274. The predicted octanol–water partition coefficient (Wildman–Crippen LogP) is 4.23. The second-order valence-corrected chi connectivity index (χ2v) is 10.6. The zero-order chi connectivity index (χ0) is 28.9. The molecule has 0 saturated carbocycles. The van der Waals surface area contributed by atoms with Crippen LogP contribution < -0.4 is 21.8 Å². The Morgan fingerprint density at radius 3 is 2.46 bits per heavy atom. The second-order valence-electron chi connectivity index (χ2n) is 10.2. The van der Waals surface area contributed by atoms with Gasteiger partial charge in [-0.05, 0) is 61.2 Å². The molecule has 1 aliphatic heterocycles. The van der Waals surface area contributed by atoms with Crippen molar-refractivity contribution < 1.29 is 9.59 Å². The zero-order valence-electron chi connectivity index (χ0n) is 22.8. The van der Waals surface area contributed by atoms with Crippen molar-refractivity contribution >= 4 is 46.1 Å². The van der Waals surface area contributed by atoms with Crippen molar-refractivity contribution in [3.05, 3.63) is 94.3 Å². The molecule has 0 aliphatic carbocycles. The lowest BCUT2D eigenvalue weighted by Crippen LogP contribution is -2.51. The smallest absolute Gasteiger partial charge is 0.319 e. The Bertz CT molecular complexity index is 1580. The van der Waals surface area contributed by atoms with E-state index >= 15 is 0 Å². The fourth-order valence-corrected chi connectivity index (χ4v) is 5.17. The average Bonchev–Trinajstić information content (AvgIpc) is 3.27. The van der Waals surface area contributed by atoms with Crippen molar-refractivity contribution in [2.75, 3.05) is 18.4 Å². The lowest BCUT2D eigenvalue weighted by molar-refractivity contribution is 0.0727. The first-order valence-corrected chi connectivity index (χ1v) is 13.9. The molecule has 0 atom stereocenters. The molecule has 2 heterocycles. The maximum Gasteiger partial charge on any atom is 0.319 e. The van der Waals surface area contributed by atoms with Gasteiger partial charge in [0.1, 0.15) is 11.7 Å². The molecular weight excluding hydrogens is 540 g/mol. The van der Waals surface area contributed by atoms with Gasteiger partial charge in [0.2, 0.25) is 0 Å². The molecule has 11 heteroatoms. The number of carbonyl (C=O) groups is 2. The quantitative estimate of drug-likeness (QED) is 0.159. The number of imidazole rings is 1. The van der Waals surface area contributed by atoms with Crippen LogP contribution in [0.25, 0.3) is 11.0 Å². The number of halogens is 1. The first kappa shape index (κ1) is 28.1. The summed E-state index contributed by atoms with van der Waals surface area (Å²) < 4.78 is 2.06. The number of urea groups is 1. The number of piperidine rings is 1. The predicted molar refractivity (Wildman–Crippen MR) is 161 cm³/mol. The second kappa shape index (κ2) is 12.4. The number of aromatic nitrogens is 2. The van der Waals surface area contributed by atoms with Gasteiger partial charge in [-0.25, -0.2) is 14.8 Å². The van der Waals surface area contributed by atoms with Crippen LogP contribution in [0.2, 0.25) is 5.02 Å². The average molecular weight is 573 g/mol. The van der Waals surface area contributed by atoms with Gasteiger partial charge in [0.25, 0.3) is 5.91 Å². The van der Waals surface area contributed by atoms with Gasteiger partial charge in [-0.15, -0.1) is 0 Å². The van der Waals surface area contributed by atoms with Gasteiger partial charge in [-0.3, -0.25) is 15.6 Å². The number of amides is 3. The largest absolute Gasteiger partial charge is 0.384 e. The van der Waals surface area contributed by atoms with Gasteiger partial charge < -0.3 is 20.9 Å². The van der Waals surface area contributed by atoms with Crippen LogP contribution >= 0.6 is 11.6 Å². The molecule has 0 radical (unpaired) electrons. The minimum absolute atomic E-state index is 0.0118. The van der Waals surface area contributed by atoms with Crippen molar-refractivity contribution in [2.45, 2.75) is 31.7 Å². The fraction of sp³-hybridized carbons (Fsp3) is 0.267. The standard InChI is InChI=1S/C30H33ClN8O2/c1-38-26-11-10-21(17-25(26)36-27(38)12-7-19-5-8-20(9-6-19)28(32)33)29(40)37-39-15-13-23(14-16-39)34-30(41)35-24-4-2-3-22(31)18-24/h2-6,8-11,17-18,23H,7,12-16H2,1H3,(H3,32,33)(H,37,40)(H2,34,35,41). The molecule has 0 unspecified atom stereocenters. The molecule has 1 saturated heterocycles. The van der Waals surface area contributed by atoms with Crippen LogP contribution in [0, 0.1) is 5.41 Å². The number of nitrogen functional groups attached to an aromatic ring is 1. The third-order valence-corrected chi connectivity index (χ3v) is 7.55. The molecule has 6 N–H and O–H groups in total. The molecule has 5 rings (SSSR count). The van der Waals surface area contributed by atoms with E-state index in [4.69, 9.17) is 27.7 Å². The minimum Gasteiger partial charge on any atom is -0.384 e. The molecule has 10 nitrogen and oxygen atoms in total. The summed E-state index contributed by atoms with van der Waals surface area (Å²) >= 11 is 5.98. The molecule has 0 bridgehead atoms. The summed E-state index contributed by atoms with van der Waals surface area (Å²) in [5.74, 6) is 0.806. The molecule has 1 aliphatic rings. The van der Waals surface area contributed by atoms with Crippen LogP contribution in [0.1, 0.15) is 40.2 Å². The monoisotopic (exact) mass is 572 g/mol. The Balaban J connectivity index is 1.12. The number of nitrogens with zero attached hydrogens (tertiary/aromatic N) is 3. The lowest BCUT2D eigenvalue weighted by Gasteiger charge is -2.32. The fourth-order valence-electron chi connectivity index (χ4n) is 4.98. The maximum absolute atomic E-state index is 13.0. The van der Waals surface area contributed by atoms with E-state index in [1.54, 1.807) is 24.3 Å². The van der Waals surface area contributed by atoms with Crippen LogP contribution in [-0.4, -0.2) is 51.5 Å². The SMILES string of the molecule is Cn1c(CCc2ccc(C(=N)N)cc2)nc2cc(C(=O)NN3CCC(NC(=O)Nc4cccc(Cl)c4)CC3)ccc21. The third-order valence-electron chi connectivity index (χ3n) is 7.31. The van der Waals surface area contributed by atoms with Crippen LogP contribution in [0.15, 0.2) is 66.7 Å². The number of nitrogens with one attached hydrogen (secondary N) is 4. The highest BCUT2D eigenvalue weighted by Crippen LogP contribution is 2.19. The number of fused-ring (bicyclic) bond motifs is 1. The van der Waals surface area contributed by atoms with Crippen LogP contribution in [0.4, 0.5) is 10.5 Å². The molecule has 1 fully saturated rings. The number of anilines is 1. The van der Waals surface area contributed by atoms with E-state index in [1.165, 1.54) is 0 Å². The van der Waals surface area contributed by atoms with Gasteiger partial charge >= 0.3 is 6.03 Å². The number of hydrazine groups is 1. The van der Waals surface area contributed by atoms with Gasteiger partial charge in [0.05, 0.1) is 11.0 Å². The summed E-state index contributed by atoms with van der Waals surface area (Å²) in [6.45, 7) is 1.24. The van der Waals surface area contributed by atoms with Gasteiger partial charge in [-0.2, -0.15) is 0 Å². The van der Waals surface area contributed by atoms with Gasteiger partial charge in [0, 0.05) is 54.4 Å². The van der Waals surface area contributed by atoms with E-state index < -0.39 is 0 Å². The summed E-state index contributed by atoms with van der Waals surface area (Å²) in [6.07, 6.45) is 2.97. The molecule has 0 spiro atoms. The number of carbonyl (C=O) groups excluding carboxylic acids is 2. The van der Waals surface area contributed by atoms with E-state index in [0.29, 0.717) is 47.8 Å². The van der Waals surface area contributed by atoms with E-state index in [-0.39, 0.29) is 23.8 Å². The zero-order valence-corrected chi connectivity index (χ0v) is 23.5. The number of aryl methyl sites for hydroxylation is 3. The Kier molecular flexibility index (Phi) is 8.51. The molecule has 212 valence electrons. The number of amidine groups is 1. The van der Waals surface area contributed by atoms with Crippen LogP contribution in [0.5, 0.6) is 0 Å². The van der Waals surface area contributed by atoms with Crippen molar-refractivity contribution in [2.24, 2.45) is 12.8 Å². The first-order chi connectivity index (χ1) is 19.7. The van der Waals surface area contributed by atoms with E-state index in [9.17, 15) is 9.59 Å². The highest BCUT2D eigenvalue weighted by Gasteiger charge is 2.22. The Labute approximate surface area is 243 Å². The summed E-state index contributed by atoms with van der Waals surface area (Å²) in [5.41, 5.74) is 13.3. The topological polar surface area (TPSA) is 141 Å². The Hall–Kier alpha value is -4.41. The van der Waals surface area contributed by atoms with Gasteiger partial charge in [-0.1, -0.05) is 41.9 Å². The number of benzene rings is 3. The Morgan fingerprint density at radius 1 is 1.02 bits per heavy atom. The van der Waals surface area contributed by atoms with E-state index in [0.717, 1.165) is 35.3 Å². The van der Waals surface area contributed by atoms with E-state index in [2.05, 4.69) is 20.6 Å². The molecule has 1 aromatic heterocycles. The summed E-state index contributed by atoms with van der Waals surface area (Å²) in [5, 5.41) is 15.8. The van der Waals surface area contributed by atoms with Crippen molar-refractivity contribution in [1.29, 1.82) is 5.41 Å². The normalized spacial score (nSPS) is 14.1. The third kappa shape index (κ3) is 7.03. The maximum atomic E-state index is 13.0. The number of rotatable bonds is 8. The lowest BCUT2D eigenvalue weighted by atomic mass is 10.1.